The first-order valence-electron chi connectivity index (χ1n) is 13.1. The molecule has 0 heterocycles. The Hall–Kier alpha value is -3.26. The summed E-state index contributed by atoms with van der Waals surface area (Å²) in [6, 6.07) is 4.71. The van der Waals surface area contributed by atoms with E-state index in [1.807, 2.05) is 6.92 Å². The molecule has 0 saturated heterocycles. The number of carbonyl (C=O) groups is 4. The van der Waals surface area contributed by atoms with E-state index in [9.17, 15) is 39.6 Å². The molecular formula is C30H36O8. The number of allylic oxidation sites excluding steroid dienone is 1. The third-order valence-corrected chi connectivity index (χ3v) is 9.84. The van der Waals surface area contributed by atoms with Crippen molar-refractivity contribution in [3.05, 3.63) is 46.2 Å². The molecule has 8 nitrogen and oxygen atoms in total. The van der Waals surface area contributed by atoms with Gasteiger partial charge < -0.3 is 20.4 Å². The van der Waals surface area contributed by atoms with Crippen LogP contribution in [0.25, 0.3) is 5.76 Å². The van der Waals surface area contributed by atoms with Crippen LogP contribution in [0.2, 0.25) is 0 Å². The minimum absolute atomic E-state index is 0.0381. The van der Waals surface area contributed by atoms with Gasteiger partial charge in [0, 0.05) is 35.2 Å². The molecule has 1 saturated carbocycles. The number of hydrogen-bond donors (Lipinski definition) is 4. The van der Waals surface area contributed by atoms with Crippen molar-refractivity contribution in [2.24, 2.45) is 28.6 Å². The van der Waals surface area contributed by atoms with Crippen molar-refractivity contribution >= 4 is 28.9 Å². The molecule has 1 fully saturated rings. The van der Waals surface area contributed by atoms with Gasteiger partial charge in [0.2, 0.25) is 5.78 Å². The van der Waals surface area contributed by atoms with Gasteiger partial charge in [-0.3, -0.25) is 19.2 Å². The first-order valence-corrected chi connectivity index (χ1v) is 13.1. The summed E-state index contributed by atoms with van der Waals surface area (Å²) in [6.45, 7) is 11.3. The molecule has 8 heteroatoms. The van der Waals surface area contributed by atoms with Crippen LogP contribution < -0.4 is 0 Å². The maximum atomic E-state index is 14.5. The van der Waals surface area contributed by atoms with E-state index in [-0.39, 0.29) is 35.5 Å². The Morgan fingerprint density at radius 1 is 1.08 bits per heavy atom. The molecule has 0 aromatic heterocycles. The van der Waals surface area contributed by atoms with Gasteiger partial charge in [-0.05, 0) is 36.3 Å². The van der Waals surface area contributed by atoms with Crippen molar-refractivity contribution in [2.45, 2.75) is 72.8 Å². The number of fused-ring (bicyclic) bond motifs is 3. The van der Waals surface area contributed by atoms with Gasteiger partial charge in [-0.15, -0.1) is 0 Å². The lowest BCUT2D eigenvalue weighted by atomic mass is 9.37. The quantitative estimate of drug-likeness (QED) is 0.416. The summed E-state index contributed by atoms with van der Waals surface area (Å²) >= 11 is 0. The zero-order chi connectivity index (χ0) is 28.7. The number of carbonyl (C=O) groups excluding carboxylic acids is 4. The number of phenols is 1. The molecule has 1 unspecified atom stereocenters. The first kappa shape index (κ1) is 27.8. The fourth-order valence-electron chi connectivity index (χ4n) is 7.89. The highest BCUT2D eigenvalue weighted by Gasteiger charge is 2.76. The third-order valence-electron chi connectivity index (χ3n) is 9.84. The van der Waals surface area contributed by atoms with Gasteiger partial charge in [0.25, 0.3) is 0 Å². The molecule has 1 aromatic carbocycles. The summed E-state index contributed by atoms with van der Waals surface area (Å²) < 4.78 is 0. The number of aliphatic hydroxyl groups is 3. The Kier molecular flexibility index (Phi) is 6.31. The van der Waals surface area contributed by atoms with Crippen LogP contribution in [-0.4, -0.2) is 49.2 Å². The van der Waals surface area contributed by atoms with E-state index < -0.39 is 74.5 Å². The predicted molar refractivity (Wildman–Crippen MR) is 139 cm³/mol. The summed E-state index contributed by atoms with van der Waals surface area (Å²) in [5.41, 5.74) is -6.07. The Morgan fingerprint density at radius 3 is 2.21 bits per heavy atom. The summed E-state index contributed by atoms with van der Waals surface area (Å²) in [5.74, 6) is -7.61. The predicted octanol–water partition coefficient (Wildman–Crippen LogP) is 4.35. The average molecular weight is 525 g/mol. The lowest BCUT2D eigenvalue weighted by Crippen LogP contribution is -2.73. The number of benzene rings is 1. The van der Waals surface area contributed by atoms with Crippen molar-refractivity contribution in [3.8, 4) is 5.75 Å². The fraction of sp³-hybridized carbons (Fsp3) is 0.533. The summed E-state index contributed by atoms with van der Waals surface area (Å²) in [7, 11) is 0. The van der Waals surface area contributed by atoms with Gasteiger partial charge in [0.15, 0.2) is 17.2 Å². The first-order chi connectivity index (χ1) is 17.5. The maximum Gasteiger partial charge on any atom is 0.203 e. The Morgan fingerprint density at radius 2 is 1.68 bits per heavy atom. The molecule has 3 aliphatic rings. The van der Waals surface area contributed by atoms with E-state index in [1.54, 1.807) is 39.8 Å². The summed E-state index contributed by atoms with van der Waals surface area (Å²) in [4.78, 5) is 54.0. The van der Waals surface area contributed by atoms with E-state index in [0.29, 0.717) is 5.56 Å². The molecule has 0 radical (unpaired) electrons. The fourth-order valence-corrected chi connectivity index (χ4v) is 7.89. The average Bonchev–Trinajstić information content (AvgIpc) is 2.82. The van der Waals surface area contributed by atoms with E-state index in [1.165, 1.54) is 13.0 Å². The zero-order valence-corrected chi connectivity index (χ0v) is 22.9. The Labute approximate surface area is 222 Å². The molecule has 38 heavy (non-hydrogen) atoms. The minimum Gasteiger partial charge on any atom is -0.508 e. The lowest BCUT2D eigenvalue weighted by Gasteiger charge is -2.65. The van der Waals surface area contributed by atoms with E-state index >= 15 is 0 Å². The van der Waals surface area contributed by atoms with Crippen molar-refractivity contribution in [1.29, 1.82) is 0 Å². The van der Waals surface area contributed by atoms with E-state index in [0.717, 1.165) is 6.92 Å². The van der Waals surface area contributed by atoms with Crippen LogP contribution in [0.15, 0.2) is 35.1 Å². The monoisotopic (exact) mass is 524 g/mol. The van der Waals surface area contributed by atoms with Gasteiger partial charge in [-0.25, -0.2) is 0 Å². The third kappa shape index (κ3) is 3.06. The molecule has 204 valence electrons. The molecule has 0 spiro atoms. The largest absolute Gasteiger partial charge is 0.508 e. The number of aliphatic hydroxyl groups excluding tert-OH is 2. The highest BCUT2D eigenvalue weighted by Crippen LogP contribution is 2.71. The Balaban J connectivity index is 2.23. The highest BCUT2D eigenvalue weighted by molar-refractivity contribution is 6.24. The van der Waals surface area contributed by atoms with Crippen LogP contribution in [0.5, 0.6) is 5.75 Å². The smallest absolute Gasteiger partial charge is 0.203 e. The normalized spacial score (nSPS) is 34.7. The molecule has 3 aliphatic carbocycles. The van der Waals surface area contributed by atoms with Gasteiger partial charge in [-0.2, -0.15) is 0 Å². The summed E-state index contributed by atoms with van der Waals surface area (Å²) in [6.07, 6.45) is 0.0141. The number of aromatic hydroxyl groups is 1. The standard InChI is InChI=1S/C30H36O8/c1-8-16(32)12-19-28(6)14(4)17-10-9-11-18(33)21(17)25(35)23(28)27(37)30(38)26(36)20(15(5)31)24(34)22(13(2)3)29(19,30)7/h9-11,13-14,19,22,33,35-36,38H,8,12H2,1-7H3/t14-,19-,22?,28-,29-,30+/m1/s1. The van der Waals surface area contributed by atoms with E-state index in [2.05, 4.69) is 0 Å². The van der Waals surface area contributed by atoms with Crippen molar-refractivity contribution < 1.29 is 39.6 Å². The van der Waals surface area contributed by atoms with Gasteiger partial charge in [0.05, 0.1) is 5.56 Å². The number of phenolic OH excluding ortho intramolecular Hbond substituents is 1. The molecule has 1 aromatic rings. The molecule has 6 atom stereocenters. The number of hydrogen-bond acceptors (Lipinski definition) is 8. The lowest BCUT2D eigenvalue weighted by molar-refractivity contribution is -0.199. The van der Waals surface area contributed by atoms with Crippen molar-refractivity contribution in [3.63, 3.8) is 0 Å². The number of ketones is 4. The second-order valence-corrected chi connectivity index (χ2v) is 11.8. The molecule has 0 aliphatic heterocycles. The van der Waals surface area contributed by atoms with Crippen LogP contribution in [0.3, 0.4) is 0 Å². The second kappa shape index (κ2) is 8.63. The SMILES string of the molecule is CCC(=O)C[C@@H]1[C@]2(C)C(=C(O)c3c(O)cccc3[C@H]2C)C(=O)[C@@]2(O)C(O)=C(C(C)=O)C(=O)C(C(C)C)[C@@]12C. The highest BCUT2D eigenvalue weighted by atomic mass is 16.3. The molecular weight excluding hydrogens is 488 g/mol. The van der Waals surface area contributed by atoms with Crippen LogP contribution in [0.1, 0.15) is 78.4 Å². The van der Waals surface area contributed by atoms with Crippen LogP contribution >= 0.6 is 0 Å². The number of rotatable bonds is 5. The van der Waals surface area contributed by atoms with Gasteiger partial charge in [-0.1, -0.05) is 53.7 Å². The second-order valence-electron chi connectivity index (χ2n) is 11.8. The van der Waals surface area contributed by atoms with Crippen LogP contribution in [0.4, 0.5) is 0 Å². The van der Waals surface area contributed by atoms with Gasteiger partial charge in [0.1, 0.15) is 28.6 Å². The van der Waals surface area contributed by atoms with Crippen LogP contribution in [0, 0.1) is 28.6 Å². The van der Waals surface area contributed by atoms with Crippen LogP contribution in [-0.2, 0) is 19.2 Å². The molecule has 0 amide bonds. The minimum atomic E-state index is -2.78. The van der Waals surface area contributed by atoms with Gasteiger partial charge >= 0.3 is 0 Å². The Bertz CT molecular complexity index is 1350. The van der Waals surface area contributed by atoms with Crippen molar-refractivity contribution in [2.75, 3.05) is 0 Å². The van der Waals surface area contributed by atoms with Crippen molar-refractivity contribution in [1.82, 2.24) is 0 Å². The maximum absolute atomic E-state index is 14.5. The molecule has 0 bridgehead atoms. The molecule has 4 N–H and O–H groups in total. The van der Waals surface area contributed by atoms with E-state index in [4.69, 9.17) is 0 Å². The topological polar surface area (TPSA) is 149 Å². The summed E-state index contributed by atoms with van der Waals surface area (Å²) in [5, 5.41) is 46.0. The molecule has 4 rings (SSSR count). The zero-order valence-electron chi connectivity index (χ0n) is 22.9. The number of Topliss-reactive ketones (excluding diaryl/α,β-unsaturated/α-hetero) is 4.